The number of aryl methyl sites for hydroxylation is 1. The standard InChI is InChI=1S/C13H23N3O2/c1-14-5-2-3-12-11-15-13(18-12)4-6-16-7-9-17-10-8-16/h11,14H,2-10H2,1H3. The second-order valence-electron chi connectivity index (χ2n) is 4.63. The summed E-state index contributed by atoms with van der Waals surface area (Å²) in [7, 11) is 1.97. The lowest BCUT2D eigenvalue weighted by Gasteiger charge is -2.25. The molecular weight excluding hydrogens is 230 g/mol. The van der Waals surface area contributed by atoms with E-state index < -0.39 is 0 Å². The van der Waals surface area contributed by atoms with Gasteiger partial charge in [-0.25, -0.2) is 4.98 Å². The number of rotatable bonds is 7. The van der Waals surface area contributed by atoms with Crippen molar-refractivity contribution in [3.05, 3.63) is 17.8 Å². The number of nitrogens with one attached hydrogen (secondary N) is 1. The minimum Gasteiger partial charge on any atom is -0.446 e. The van der Waals surface area contributed by atoms with E-state index in [1.54, 1.807) is 0 Å². The van der Waals surface area contributed by atoms with Crippen LogP contribution in [-0.4, -0.2) is 56.3 Å². The van der Waals surface area contributed by atoms with Crippen molar-refractivity contribution >= 4 is 0 Å². The van der Waals surface area contributed by atoms with Gasteiger partial charge in [0, 0.05) is 32.5 Å². The van der Waals surface area contributed by atoms with E-state index in [-0.39, 0.29) is 0 Å². The van der Waals surface area contributed by atoms with E-state index in [1.165, 1.54) is 0 Å². The van der Waals surface area contributed by atoms with Crippen LogP contribution in [0.2, 0.25) is 0 Å². The highest BCUT2D eigenvalue weighted by Gasteiger charge is 2.11. The number of aromatic nitrogens is 1. The highest BCUT2D eigenvalue weighted by atomic mass is 16.5. The molecule has 0 saturated carbocycles. The first-order valence-electron chi connectivity index (χ1n) is 6.77. The topological polar surface area (TPSA) is 50.5 Å². The van der Waals surface area contributed by atoms with E-state index in [1.807, 2.05) is 13.2 Å². The Kier molecular flexibility index (Phi) is 5.64. The molecule has 0 radical (unpaired) electrons. The van der Waals surface area contributed by atoms with Gasteiger partial charge in [0.05, 0.1) is 19.4 Å². The van der Waals surface area contributed by atoms with Gasteiger partial charge in [-0.3, -0.25) is 4.90 Å². The first-order chi connectivity index (χ1) is 8.88. The molecule has 1 N–H and O–H groups in total. The Morgan fingerprint density at radius 3 is 2.94 bits per heavy atom. The third-order valence-corrected chi connectivity index (χ3v) is 3.20. The van der Waals surface area contributed by atoms with Crippen molar-refractivity contribution in [2.24, 2.45) is 0 Å². The van der Waals surface area contributed by atoms with Crippen molar-refractivity contribution in [2.45, 2.75) is 19.3 Å². The maximum absolute atomic E-state index is 5.72. The predicted octanol–water partition coefficient (Wildman–Crippen LogP) is 0.701. The van der Waals surface area contributed by atoms with Crippen molar-refractivity contribution in [1.82, 2.24) is 15.2 Å². The van der Waals surface area contributed by atoms with Crippen molar-refractivity contribution < 1.29 is 9.15 Å². The van der Waals surface area contributed by atoms with E-state index in [9.17, 15) is 0 Å². The number of oxazole rings is 1. The Labute approximate surface area is 109 Å². The quantitative estimate of drug-likeness (QED) is 0.725. The van der Waals surface area contributed by atoms with Gasteiger partial charge in [0.15, 0.2) is 5.89 Å². The van der Waals surface area contributed by atoms with Crippen LogP contribution < -0.4 is 5.32 Å². The average Bonchev–Trinajstić information content (AvgIpc) is 2.86. The average molecular weight is 253 g/mol. The van der Waals surface area contributed by atoms with Gasteiger partial charge in [0.1, 0.15) is 5.76 Å². The molecule has 18 heavy (non-hydrogen) atoms. The Morgan fingerprint density at radius 2 is 2.17 bits per heavy atom. The van der Waals surface area contributed by atoms with Crippen LogP contribution in [0.1, 0.15) is 18.1 Å². The number of hydrogen-bond donors (Lipinski definition) is 1. The maximum atomic E-state index is 5.72. The van der Waals surface area contributed by atoms with E-state index >= 15 is 0 Å². The fraction of sp³-hybridized carbons (Fsp3) is 0.769. The first-order valence-corrected chi connectivity index (χ1v) is 6.77. The van der Waals surface area contributed by atoms with Crippen molar-refractivity contribution in [2.75, 3.05) is 46.4 Å². The molecule has 102 valence electrons. The molecule has 0 atom stereocenters. The van der Waals surface area contributed by atoms with Crippen LogP contribution in [0, 0.1) is 0 Å². The fourth-order valence-electron chi connectivity index (χ4n) is 2.10. The summed E-state index contributed by atoms with van der Waals surface area (Å²) in [5, 5.41) is 3.13. The number of ether oxygens (including phenoxy) is 1. The summed E-state index contributed by atoms with van der Waals surface area (Å²) in [5.74, 6) is 1.86. The van der Waals surface area contributed by atoms with E-state index in [2.05, 4.69) is 15.2 Å². The summed E-state index contributed by atoms with van der Waals surface area (Å²) in [6.07, 6.45) is 4.82. The Bertz CT molecular complexity index is 335. The third kappa shape index (κ3) is 4.40. The lowest BCUT2D eigenvalue weighted by Crippen LogP contribution is -2.37. The number of hydrogen-bond acceptors (Lipinski definition) is 5. The molecule has 0 unspecified atom stereocenters. The van der Waals surface area contributed by atoms with Crippen molar-refractivity contribution in [3.63, 3.8) is 0 Å². The van der Waals surface area contributed by atoms with Gasteiger partial charge >= 0.3 is 0 Å². The van der Waals surface area contributed by atoms with Crippen LogP contribution in [0.5, 0.6) is 0 Å². The monoisotopic (exact) mass is 253 g/mol. The molecule has 0 spiro atoms. The molecule has 5 nitrogen and oxygen atoms in total. The van der Waals surface area contributed by atoms with Gasteiger partial charge in [0.2, 0.25) is 0 Å². The van der Waals surface area contributed by atoms with Gasteiger partial charge in [-0.05, 0) is 20.0 Å². The second kappa shape index (κ2) is 7.51. The molecule has 1 saturated heterocycles. The first kappa shape index (κ1) is 13.5. The maximum Gasteiger partial charge on any atom is 0.195 e. The molecule has 0 aliphatic carbocycles. The second-order valence-corrected chi connectivity index (χ2v) is 4.63. The molecule has 1 aromatic heterocycles. The van der Waals surface area contributed by atoms with Gasteiger partial charge < -0.3 is 14.5 Å². The molecular formula is C13H23N3O2. The normalized spacial score (nSPS) is 17.2. The molecule has 5 heteroatoms. The summed E-state index contributed by atoms with van der Waals surface area (Å²) in [6.45, 7) is 5.77. The highest BCUT2D eigenvalue weighted by molar-refractivity contribution is 4.95. The van der Waals surface area contributed by atoms with Gasteiger partial charge in [-0.1, -0.05) is 0 Å². The third-order valence-electron chi connectivity index (χ3n) is 3.20. The van der Waals surface area contributed by atoms with Gasteiger partial charge in [-0.2, -0.15) is 0 Å². The Balaban J connectivity index is 1.69. The summed E-state index contributed by atoms with van der Waals surface area (Å²) in [6, 6.07) is 0. The highest BCUT2D eigenvalue weighted by Crippen LogP contribution is 2.08. The molecule has 2 heterocycles. The van der Waals surface area contributed by atoms with Crippen LogP contribution in [0.25, 0.3) is 0 Å². The molecule has 1 aliphatic heterocycles. The molecule has 1 aliphatic rings. The molecule has 0 aromatic carbocycles. The molecule has 1 aromatic rings. The SMILES string of the molecule is CNCCCc1cnc(CCN2CCOCC2)o1. The summed E-state index contributed by atoms with van der Waals surface area (Å²) in [5.41, 5.74) is 0. The number of nitrogens with zero attached hydrogens (tertiary/aromatic N) is 2. The largest absolute Gasteiger partial charge is 0.446 e. The Morgan fingerprint density at radius 1 is 1.33 bits per heavy atom. The fourth-order valence-corrected chi connectivity index (χ4v) is 2.10. The summed E-state index contributed by atoms with van der Waals surface area (Å²) in [4.78, 5) is 6.73. The van der Waals surface area contributed by atoms with Crippen LogP contribution in [-0.2, 0) is 17.6 Å². The summed E-state index contributed by atoms with van der Waals surface area (Å²) >= 11 is 0. The summed E-state index contributed by atoms with van der Waals surface area (Å²) < 4.78 is 11.0. The van der Waals surface area contributed by atoms with Crippen LogP contribution >= 0.6 is 0 Å². The van der Waals surface area contributed by atoms with Gasteiger partial charge in [-0.15, -0.1) is 0 Å². The lowest BCUT2D eigenvalue weighted by atomic mass is 10.3. The smallest absolute Gasteiger partial charge is 0.195 e. The van der Waals surface area contributed by atoms with Crippen LogP contribution in [0.15, 0.2) is 10.6 Å². The predicted molar refractivity (Wildman–Crippen MR) is 69.7 cm³/mol. The molecule has 0 bridgehead atoms. The zero-order valence-corrected chi connectivity index (χ0v) is 11.2. The molecule has 1 fully saturated rings. The molecule has 2 rings (SSSR count). The van der Waals surface area contributed by atoms with Crippen LogP contribution in [0.3, 0.4) is 0 Å². The zero-order chi connectivity index (χ0) is 12.6. The van der Waals surface area contributed by atoms with Crippen molar-refractivity contribution in [1.29, 1.82) is 0 Å². The Hall–Kier alpha value is -0.910. The van der Waals surface area contributed by atoms with Crippen LogP contribution in [0.4, 0.5) is 0 Å². The number of morpholine rings is 1. The van der Waals surface area contributed by atoms with E-state index in [0.29, 0.717) is 0 Å². The van der Waals surface area contributed by atoms with E-state index in [0.717, 1.165) is 70.3 Å². The van der Waals surface area contributed by atoms with E-state index in [4.69, 9.17) is 9.15 Å². The minimum absolute atomic E-state index is 0.848. The minimum atomic E-state index is 0.848. The van der Waals surface area contributed by atoms with Gasteiger partial charge in [0.25, 0.3) is 0 Å². The zero-order valence-electron chi connectivity index (χ0n) is 11.2. The lowest BCUT2D eigenvalue weighted by molar-refractivity contribution is 0.0377. The van der Waals surface area contributed by atoms with Crippen molar-refractivity contribution in [3.8, 4) is 0 Å². The molecule has 0 amide bonds.